The molecule has 132 valence electrons. The van der Waals surface area contributed by atoms with Crippen molar-refractivity contribution in [2.24, 2.45) is 5.92 Å². The van der Waals surface area contributed by atoms with Crippen LogP contribution < -0.4 is 0 Å². The van der Waals surface area contributed by atoms with Crippen LogP contribution in [0.1, 0.15) is 30.1 Å². The Balaban J connectivity index is 2.23. The molecule has 1 saturated heterocycles. The van der Waals surface area contributed by atoms with E-state index in [-0.39, 0.29) is 29.6 Å². The number of hydrogen-bond donors (Lipinski definition) is 0. The van der Waals surface area contributed by atoms with Crippen molar-refractivity contribution in [2.75, 3.05) is 26.8 Å². The van der Waals surface area contributed by atoms with Crippen molar-refractivity contribution in [1.82, 2.24) is 4.31 Å². The van der Waals surface area contributed by atoms with Gasteiger partial charge in [-0.2, -0.15) is 4.31 Å². The zero-order valence-corrected chi connectivity index (χ0v) is 14.5. The summed E-state index contributed by atoms with van der Waals surface area (Å²) >= 11 is 0. The van der Waals surface area contributed by atoms with Crippen molar-refractivity contribution in [1.29, 1.82) is 0 Å². The molecule has 1 aromatic rings. The fourth-order valence-corrected chi connectivity index (χ4v) is 4.23. The lowest BCUT2D eigenvalue weighted by molar-refractivity contribution is -0.149. The highest BCUT2D eigenvalue weighted by atomic mass is 32.2. The van der Waals surface area contributed by atoms with Gasteiger partial charge in [0.15, 0.2) is 0 Å². The van der Waals surface area contributed by atoms with Crippen LogP contribution in [0.3, 0.4) is 0 Å². The summed E-state index contributed by atoms with van der Waals surface area (Å²) in [5.41, 5.74) is 0.164. The predicted octanol–water partition coefficient (Wildman–Crippen LogP) is 1.44. The van der Waals surface area contributed by atoms with E-state index >= 15 is 0 Å². The Kier molecular flexibility index (Phi) is 5.95. The molecule has 1 atom stereocenters. The monoisotopic (exact) mass is 355 g/mol. The zero-order valence-electron chi connectivity index (χ0n) is 13.7. The first-order valence-corrected chi connectivity index (χ1v) is 9.19. The van der Waals surface area contributed by atoms with Gasteiger partial charge in [-0.25, -0.2) is 13.2 Å². The van der Waals surface area contributed by atoms with E-state index in [2.05, 4.69) is 4.74 Å². The van der Waals surface area contributed by atoms with E-state index in [0.29, 0.717) is 19.4 Å². The summed E-state index contributed by atoms with van der Waals surface area (Å²) in [7, 11) is -2.56. The largest absolute Gasteiger partial charge is 0.466 e. The van der Waals surface area contributed by atoms with Crippen LogP contribution >= 0.6 is 0 Å². The van der Waals surface area contributed by atoms with Gasteiger partial charge in [-0.05, 0) is 38.0 Å². The van der Waals surface area contributed by atoms with Gasteiger partial charge < -0.3 is 9.47 Å². The number of benzene rings is 1. The number of ether oxygens (including phenoxy) is 2. The third-order valence-corrected chi connectivity index (χ3v) is 5.76. The van der Waals surface area contributed by atoms with E-state index in [4.69, 9.17) is 4.74 Å². The van der Waals surface area contributed by atoms with Crippen LogP contribution in [0.25, 0.3) is 0 Å². The van der Waals surface area contributed by atoms with Gasteiger partial charge in [0.2, 0.25) is 10.0 Å². The van der Waals surface area contributed by atoms with Crippen LogP contribution in [0, 0.1) is 5.92 Å². The Hall–Kier alpha value is -1.93. The van der Waals surface area contributed by atoms with Crippen LogP contribution in [0.15, 0.2) is 29.2 Å². The first-order valence-electron chi connectivity index (χ1n) is 7.75. The van der Waals surface area contributed by atoms with Crippen LogP contribution in [-0.2, 0) is 24.3 Å². The minimum Gasteiger partial charge on any atom is -0.466 e. The molecule has 7 nitrogen and oxygen atoms in total. The summed E-state index contributed by atoms with van der Waals surface area (Å²) < 4.78 is 36.5. The number of rotatable bonds is 5. The maximum Gasteiger partial charge on any atom is 0.337 e. The Labute approximate surface area is 141 Å². The molecule has 24 heavy (non-hydrogen) atoms. The normalized spacial score (nSPS) is 18.8. The third-order valence-electron chi connectivity index (χ3n) is 3.90. The van der Waals surface area contributed by atoms with E-state index in [9.17, 15) is 18.0 Å². The molecule has 0 N–H and O–H groups in total. The molecule has 0 saturated carbocycles. The lowest BCUT2D eigenvalue weighted by atomic mass is 10.0. The quantitative estimate of drug-likeness (QED) is 0.743. The number of methoxy groups -OCH3 is 1. The number of hydrogen-bond acceptors (Lipinski definition) is 6. The molecule has 1 heterocycles. The lowest BCUT2D eigenvalue weighted by Crippen LogP contribution is -2.42. The number of sulfonamides is 1. The second-order valence-corrected chi connectivity index (χ2v) is 7.41. The molecule has 0 aromatic heterocycles. The smallest absolute Gasteiger partial charge is 0.337 e. The second kappa shape index (κ2) is 7.76. The van der Waals surface area contributed by atoms with Crippen molar-refractivity contribution >= 4 is 22.0 Å². The Morgan fingerprint density at radius 2 is 2.08 bits per heavy atom. The van der Waals surface area contributed by atoms with E-state index in [1.54, 1.807) is 6.92 Å². The standard InChI is InChI=1S/C16H21NO6S/c1-3-23-16(19)13-7-5-9-17(11-13)24(20,21)14-8-4-6-12(10-14)15(18)22-2/h4,6,8,10,13H,3,5,7,9,11H2,1-2H3/t13-/m1/s1. The lowest BCUT2D eigenvalue weighted by Gasteiger charge is -2.30. The van der Waals surface area contributed by atoms with Crippen molar-refractivity contribution < 1.29 is 27.5 Å². The van der Waals surface area contributed by atoms with Gasteiger partial charge in [-0.1, -0.05) is 6.07 Å². The van der Waals surface area contributed by atoms with E-state index in [1.165, 1.54) is 35.7 Å². The molecule has 1 aliphatic rings. The topological polar surface area (TPSA) is 90.0 Å². The van der Waals surface area contributed by atoms with Gasteiger partial charge in [0.1, 0.15) is 0 Å². The van der Waals surface area contributed by atoms with Gasteiger partial charge in [-0.15, -0.1) is 0 Å². The first-order chi connectivity index (χ1) is 11.4. The maximum atomic E-state index is 12.8. The first kappa shape index (κ1) is 18.4. The highest BCUT2D eigenvalue weighted by Crippen LogP contribution is 2.25. The fraction of sp³-hybridized carbons (Fsp3) is 0.500. The van der Waals surface area contributed by atoms with Crippen molar-refractivity contribution in [3.8, 4) is 0 Å². The van der Waals surface area contributed by atoms with E-state index < -0.39 is 21.9 Å². The second-order valence-electron chi connectivity index (χ2n) is 5.47. The Bertz CT molecular complexity index is 715. The number of nitrogens with zero attached hydrogens (tertiary/aromatic N) is 1. The number of carbonyl (C=O) groups excluding carboxylic acids is 2. The zero-order chi connectivity index (χ0) is 17.7. The van der Waals surface area contributed by atoms with Gasteiger partial charge in [0.25, 0.3) is 0 Å². The third kappa shape index (κ3) is 3.93. The molecular formula is C16H21NO6S. The Morgan fingerprint density at radius 3 is 2.75 bits per heavy atom. The molecule has 0 bridgehead atoms. The molecule has 0 radical (unpaired) electrons. The molecule has 2 rings (SSSR count). The number of esters is 2. The molecule has 1 aromatic carbocycles. The van der Waals surface area contributed by atoms with Crippen molar-refractivity contribution in [2.45, 2.75) is 24.7 Å². The molecule has 1 fully saturated rings. The summed E-state index contributed by atoms with van der Waals surface area (Å²) in [6, 6.07) is 5.69. The van der Waals surface area contributed by atoms with Crippen LogP contribution in [0.5, 0.6) is 0 Å². The van der Waals surface area contributed by atoms with E-state index in [0.717, 1.165) is 0 Å². The predicted molar refractivity (Wildman–Crippen MR) is 85.9 cm³/mol. The Morgan fingerprint density at radius 1 is 1.33 bits per heavy atom. The van der Waals surface area contributed by atoms with Crippen molar-refractivity contribution in [3.05, 3.63) is 29.8 Å². The SMILES string of the molecule is CCOC(=O)[C@@H]1CCCN(S(=O)(=O)c2cccc(C(=O)OC)c2)C1. The van der Waals surface area contributed by atoms with Gasteiger partial charge in [0.05, 0.1) is 30.1 Å². The average Bonchev–Trinajstić information content (AvgIpc) is 2.61. The summed E-state index contributed by atoms with van der Waals surface area (Å²) in [5, 5.41) is 0. The minimum atomic E-state index is -3.79. The highest BCUT2D eigenvalue weighted by molar-refractivity contribution is 7.89. The summed E-state index contributed by atoms with van der Waals surface area (Å²) in [4.78, 5) is 23.5. The number of piperidine rings is 1. The molecule has 0 unspecified atom stereocenters. The molecule has 0 amide bonds. The maximum absolute atomic E-state index is 12.8. The number of carbonyl (C=O) groups is 2. The van der Waals surface area contributed by atoms with Crippen molar-refractivity contribution in [3.63, 3.8) is 0 Å². The summed E-state index contributed by atoms with van der Waals surface area (Å²) in [5.74, 6) is -1.44. The van der Waals surface area contributed by atoms with Gasteiger partial charge in [-0.3, -0.25) is 4.79 Å². The highest BCUT2D eigenvalue weighted by Gasteiger charge is 2.34. The fourth-order valence-electron chi connectivity index (χ4n) is 2.66. The molecule has 0 aliphatic carbocycles. The molecular weight excluding hydrogens is 334 g/mol. The average molecular weight is 355 g/mol. The summed E-state index contributed by atoms with van der Waals surface area (Å²) in [6.45, 7) is 2.40. The van der Waals surface area contributed by atoms with Gasteiger partial charge in [0, 0.05) is 13.1 Å². The minimum absolute atomic E-state index is 0.00917. The molecule has 8 heteroatoms. The molecule has 0 spiro atoms. The van der Waals surface area contributed by atoms with Crippen LogP contribution in [0.4, 0.5) is 0 Å². The van der Waals surface area contributed by atoms with Crippen LogP contribution in [0.2, 0.25) is 0 Å². The van der Waals surface area contributed by atoms with Gasteiger partial charge >= 0.3 is 11.9 Å². The van der Waals surface area contributed by atoms with Crippen LogP contribution in [-0.4, -0.2) is 51.5 Å². The molecule has 1 aliphatic heterocycles. The van der Waals surface area contributed by atoms with E-state index in [1.807, 2.05) is 0 Å². The summed E-state index contributed by atoms with van der Waals surface area (Å²) in [6.07, 6.45) is 1.19.